The molecule has 1 fully saturated rings. The molecule has 1 amide bonds. The highest BCUT2D eigenvalue weighted by molar-refractivity contribution is 6.31. The first-order chi connectivity index (χ1) is 11.6. The summed E-state index contributed by atoms with van der Waals surface area (Å²) in [5.74, 6) is -0.844. The molecule has 0 unspecified atom stereocenters. The third kappa shape index (κ3) is 3.38. The summed E-state index contributed by atoms with van der Waals surface area (Å²) < 4.78 is 39.4. The van der Waals surface area contributed by atoms with E-state index in [4.69, 9.17) is 11.6 Å². The first kappa shape index (κ1) is 17.8. The van der Waals surface area contributed by atoms with E-state index < -0.39 is 23.6 Å². The minimum Gasteiger partial charge on any atom is -0.325 e. The molecule has 1 N–H and O–H groups in total. The van der Waals surface area contributed by atoms with Crippen molar-refractivity contribution in [2.24, 2.45) is 11.3 Å². The molecule has 2 nitrogen and oxygen atoms in total. The number of amides is 1. The molecule has 1 aliphatic rings. The van der Waals surface area contributed by atoms with Gasteiger partial charge in [-0.25, -0.2) is 0 Å². The van der Waals surface area contributed by atoms with E-state index in [0.717, 1.165) is 23.8 Å². The van der Waals surface area contributed by atoms with E-state index in [1.54, 1.807) is 0 Å². The lowest BCUT2D eigenvalue weighted by molar-refractivity contribution is -0.137. The second-order valence-electron chi connectivity index (χ2n) is 6.86. The molecule has 132 valence electrons. The summed E-state index contributed by atoms with van der Waals surface area (Å²) in [4.78, 5) is 12.6. The highest BCUT2D eigenvalue weighted by Crippen LogP contribution is 2.64. The van der Waals surface area contributed by atoms with Gasteiger partial charge in [-0.1, -0.05) is 55.8 Å². The molecule has 2 aromatic rings. The minimum atomic E-state index is -4.56. The third-order valence-corrected chi connectivity index (χ3v) is 5.05. The van der Waals surface area contributed by atoms with Gasteiger partial charge in [0, 0.05) is 10.9 Å². The highest BCUT2D eigenvalue weighted by Gasteiger charge is 2.62. The Hall–Kier alpha value is -2.01. The quantitative estimate of drug-likeness (QED) is 0.736. The summed E-state index contributed by atoms with van der Waals surface area (Å²) in [6, 6.07) is 12.7. The third-order valence-electron chi connectivity index (χ3n) is 4.81. The fourth-order valence-corrected chi connectivity index (χ4v) is 3.66. The number of alkyl halides is 3. The highest BCUT2D eigenvalue weighted by atomic mass is 35.5. The average molecular weight is 368 g/mol. The topological polar surface area (TPSA) is 29.1 Å². The zero-order chi connectivity index (χ0) is 18.4. The molecule has 2 atom stereocenters. The van der Waals surface area contributed by atoms with Crippen molar-refractivity contribution in [2.75, 3.05) is 5.32 Å². The number of hydrogen-bond acceptors (Lipinski definition) is 1. The van der Waals surface area contributed by atoms with E-state index in [2.05, 4.69) is 5.32 Å². The van der Waals surface area contributed by atoms with E-state index in [1.165, 1.54) is 0 Å². The van der Waals surface area contributed by atoms with Gasteiger partial charge in [0.05, 0.1) is 17.2 Å². The van der Waals surface area contributed by atoms with Crippen LogP contribution >= 0.6 is 11.6 Å². The predicted molar refractivity (Wildman–Crippen MR) is 91.5 cm³/mol. The molecule has 0 aromatic heterocycles. The largest absolute Gasteiger partial charge is 0.418 e. The van der Waals surface area contributed by atoms with E-state index >= 15 is 0 Å². The Balaban J connectivity index is 1.86. The number of carbonyl (C=O) groups is 1. The monoisotopic (exact) mass is 367 g/mol. The SMILES string of the molecule is CC1(C)[C@H](C(=O)Nc2cc(Cl)ccc2C(F)(F)F)[C@H]1c1ccccc1. The normalized spacial score (nSPS) is 21.7. The molecule has 0 bridgehead atoms. The van der Waals surface area contributed by atoms with E-state index in [9.17, 15) is 18.0 Å². The molecular weight excluding hydrogens is 351 g/mol. The van der Waals surface area contributed by atoms with Crippen LogP contribution in [0.15, 0.2) is 48.5 Å². The lowest BCUT2D eigenvalue weighted by Gasteiger charge is -2.14. The number of rotatable bonds is 3. The van der Waals surface area contributed by atoms with E-state index in [0.29, 0.717) is 0 Å². The summed E-state index contributed by atoms with van der Waals surface area (Å²) in [6.45, 7) is 3.88. The first-order valence-electron chi connectivity index (χ1n) is 7.85. The van der Waals surface area contributed by atoms with Crippen LogP contribution in [0.25, 0.3) is 0 Å². The minimum absolute atomic E-state index is 0.0257. The molecule has 0 heterocycles. The number of carbonyl (C=O) groups excluding carboxylic acids is 1. The Bertz CT molecular complexity index is 802. The van der Waals surface area contributed by atoms with Crippen LogP contribution in [-0.2, 0) is 11.0 Å². The number of benzene rings is 2. The van der Waals surface area contributed by atoms with Crippen molar-refractivity contribution in [3.8, 4) is 0 Å². The molecule has 6 heteroatoms. The van der Waals surface area contributed by atoms with Gasteiger partial charge in [-0.15, -0.1) is 0 Å². The van der Waals surface area contributed by atoms with Gasteiger partial charge >= 0.3 is 6.18 Å². The van der Waals surface area contributed by atoms with Crippen molar-refractivity contribution < 1.29 is 18.0 Å². The zero-order valence-electron chi connectivity index (χ0n) is 13.7. The molecule has 3 rings (SSSR count). The van der Waals surface area contributed by atoms with Gasteiger partial charge in [0.15, 0.2) is 0 Å². The molecular formula is C19H17ClF3NO. The zero-order valence-corrected chi connectivity index (χ0v) is 14.4. The molecule has 0 spiro atoms. The van der Waals surface area contributed by atoms with E-state index in [-0.39, 0.29) is 22.0 Å². The molecule has 0 radical (unpaired) electrons. The number of nitrogens with one attached hydrogen (secondary N) is 1. The molecule has 2 aromatic carbocycles. The van der Waals surface area contributed by atoms with Crippen molar-refractivity contribution in [1.82, 2.24) is 0 Å². The Morgan fingerprint density at radius 3 is 2.36 bits per heavy atom. The fourth-order valence-electron chi connectivity index (χ4n) is 3.49. The average Bonchev–Trinajstić information content (AvgIpc) is 3.09. The van der Waals surface area contributed by atoms with Crippen molar-refractivity contribution in [3.05, 3.63) is 64.7 Å². The lowest BCUT2D eigenvalue weighted by atomic mass is 10.0. The van der Waals surface area contributed by atoms with Gasteiger partial charge in [-0.2, -0.15) is 13.2 Å². The first-order valence-corrected chi connectivity index (χ1v) is 8.22. The predicted octanol–water partition coefficient (Wildman–Crippen LogP) is 5.74. The van der Waals surface area contributed by atoms with Gasteiger partial charge in [-0.05, 0) is 29.2 Å². The maximum atomic E-state index is 13.1. The molecule has 1 aliphatic carbocycles. The fraction of sp³-hybridized carbons (Fsp3) is 0.316. The van der Waals surface area contributed by atoms with Crippen LogP contribution in [0.1, 0.15) is 30.9 Å². The van der Waals surface area contributed by atoms with Gasteiger partial charge in [0.1, 0.15) is 0 Å². The van der Waals surface area contributed by atoms with Crippen LogP contribution in [0.4, 0.5) is 18.9 Å². The van der Waals surface area contributed by atoms with Crippen molar-refractivity contribution in [2.45, 2.75) is 25.9 Å². The number of hydrogen-bond donors (Lipinski definition) is 1. The van der Waals surface area contributed by atoms with Crippen LogP contribution in [-0.4, -0.2) is 5.91 Å². The van der Waals surface area contributed by atoms with Crippen molar-refractivity contribution in [3.63, 3.8) is 0 Å². The molecule has 0 saturated heterocycles. The summed E-state index contributed by atoms with van der Waals surface area (Å²) in [6.07, 6.45) is -4.56. The molecule has 1 saturated carbocycles. The van der Waals surface area contributed by atoms with Gasteiger partial charge in [-0.3, -0.25) is 4.79 Å². The second-order valence-corrected chi connectivity index (χ2v) is 7.30. The summed E-state index contributed by atoms with van der Waals surface area (Å²) in [7, 11) is 0. The Morgan fingerprint density at radius 1 is 1.12 bits per heavy atom. The van der Waals surface area contributed by atoms with Gasteiger partial charge in [0.2, 0.25) is 5.91 Å². The maximum absolute atomic E-state index is 13.1. The van der Waals surface area contributed by atoms with Crippen LogP contribution in [0.3, 0.4) is 0 Å². The standard InChI is InChI=1S/C19H17ClF3NO/c1-18(2)15(11-6-4-3-5-7-11)16(18)17(25)24-14-10-12(20)8-9-13(14)19(21,22)23/h3-10,15-16H,1-2H3,(H,24,25)/t15-,16+/m1/s1. The van der Waals surface area contributed by atoms with Crippen LogP contribution in [0.5, 0.6) is 0 Å². The summed E-state index contributed by atoms with van der Waals surface area (Å²) in [5, 5.41) is 2.57. The lowest BCUT2D eigenvalue weighted by Crippen LogP contribution is -2.20. The molecule has 25 heavy (non-hydrogen) atoms. The number of anilines is 1. The van der Waals surface area contributed by atoms with Gasteiger partial charge < -0.3 is 5.32 Å². The number of halogens is 4. The van der Waals surface area contributed by atoms with Crippen LogP contribution in [0, 0.1) is 11.3 Å². The smallest absolute Gasteiger partial charge is 0.325 e. The maximum Gasteiger partial charge on any atom is 0.418 e. The van der Waals surface area contributed by atoms with Gasteiger partial charge in [0.25, 0.3) is 0 Å². The Kier molecular flexibility index (Phi) is 4.31. The summed E-state index contributed by atoms with van der Waals surface area (Å²) >= 11 is 5.81. The van der Waals surface area contributed by atoms with Crippen molar-refractivity contribution in [1.29, 1.82) is 0 Å². The van der Waals surface area contributed by atoms with Crippen LogP contribution < -0.4 is 5.32 Å². The van der Waals surface area contributed by atoms with E-state index in [1.807, 2.05) is 44.2 Å². The molecule has 0 aliphatic heterocycles. The van der Waals surface area contributed by atoms with Crippen LogP contribution in [0.2, 0.25) is 5.02 Å². The second kappa shape index (κ2) is 6.06. The Labute approximate surface area is 149 Å². The van der Waals surface area contributed by atoms with Crippen molar-refractivity contribution >= 4 is 23.2 Å². The Morgan fingerprint density at radius 2 is 1.76 bits per heavy atom. The summed E-state index contributed by atoms with van der Waals surface area (Å²) in [5.41, 5.74) is -0.517.